The molecular weight excluding hydrogens is 340 g/mol. The highest BCUT2D eigenvalue weighted by Gasteiger charge is 2.20. The van der Waals surface area contributed by atoms with Gasteiger partial charge < -0.3 is 24.8 Å². The van der Waals surface area contributed by atoms with Crippen LogP contribution in [0.4, 0.5) is 10.5 Å². The molecule has 0 aliphatic rings. The molecule has 0 spiro atoms. The number of rotatable bonds is 7. The predicted molar refractivity (Wildman–Crippen MR) is 100 cm³/mol. The second kappa shape index (κ2) is 8.62. The summed E-state index contributed by atoms with van der Waals surface area (Å²) in [6.07, 6.45) is 0. The summed E-state index contributed by atoms with van der Waals surface area (Å²) in [6, 6.07) is 7.04. The second-order valence-corrected chi connectivity index (χ2v) is 6.73. The van der Waals surface area contributed by atoms with Gasteiger partial charge in [0.1, 0.15) is 0 Å². The number of anilines is 1. The van der Waals surface area contributed by atoms with E-state index in [0.717, 1.165) is 4.88 Å². The van der Waals surface area contributed by atoms with Crippen LogP contribution in [0.5, 0.6) is 17.2 Å². The summed E-state index contributed by atoms with van der Waals surface area (Å²) in [7, 11) is 4.61. The Bertz CT molecular complexity index is 676. The molecule has 0 bridgehead atoms. The van der Waals surface area contributed by atoms with Crippen molar-refractivity contribution in [1.29, 1.82) is 0 Å². The lowest BCUT2D eigenvalue weighted by molar-refractivity contribution is 0.245. The Morgan fingerprint density at radius 3 is 2.16 bits per heavy atom. The molecule has 1 aromatic heterocycles. The fraction of sp³-hybridized carbons (Fsp3) is 0.389. The number of benzene rings is 1. The molecule has 0 aliphatic heterocycles. The van der Waals surface area contributed by atoms with Gasteiger partial charge in [0.05, 0.1) is 33.1 Å². The molecular formula is C18H24N2O4S. The van der Waals surface area contributed by atoms with E-state index in [1.54, 1.807) is 23.5 Å². The number of methoxy groups -OCH3 is 3. The van der Waals surface area contributed by atoms with E-state index in [0.29, 0.717) is 22.9 Å². The predicted octanol–water partition coefficient (Wildman–Crippen LogP) is 4.29. The van der Waals surface area contributed by atoms with Gasteiger partial charge in [-0.1, -0.05) is 19.9 Å². The standard InChI is InChI=1S/C18H24N2O4S/c1-11(2)16(15-7-6-8-25-15)20-18(21)19-12-9-13(22-3)17(24-5)14(10-12)23-4/h6-11,16H,1-5H3,(H2,19,20,21). The van der Waals surface area contributed by atoms with E-state index >= 15 is 0 Å². The molecule has 0 radical (unpaired) electrons. The van der Waals surface area contributed by atoms with E-state index in [9.17, 15) is 4.79 Å². The number of ether oxygens (including phenoxy) is 3. The zero-order valence-corrected chi connectivity index (χ0v) is 15.9. The van der Waals surface area contributed by atoms with Gasteiger partial charge in [0.25, 0.3) is 0 Å². The van der Waals surface area contributed by atoms with Crippen LogP contribution in [0.1, 0.15) is 24.8 Å². The van der Waals surface area contributed by atoms with Gasteiger partial charge in [-0.25, -0.2) is 4.79 Å². The summed E-state index contributed by atoms with van der Waals surface area (Å²) in [5, 5.41) is 7.85. The first-order chi connectivity index (χ1) is 12.0. The Labute approximate surface area is 152 Å². The van der Waals surface area contributed by atoms with Crippen molar-refractivity contribution in [3.63, 3.8) is 0 Å². The van der Waals surface area contributed by atoms with Crippen LogP contribution in [0.25, 0.3) is 0 Å². The zero-order valence-electron chi connectivity index (χ0n) is 15.1. The van der Waals surface area contributed by atoms with Crippen molar-refractivity contribution in [2.45, 2.75) is 19.9 Å². The van der Waals surface area contributed by atoms with E-state index in [1.165, 1.54) is 21.3 Å². The normalized spacial score (nSPS) is 11.8. The maximum atomic E-state index is 12.4. The Hall–Kier alpha value is -2.41. The van der Waals surface area contributed by atoms with Crippen LogP contribution in [0.3, 0.4) is 0 Å². The van der Waals surface area contributed by atoms with Crippen LogP contribution in [0, 0.1) is 5.92 Å². The first-order valence-corrected chi connectivity index (χ1v) is 8.79. The van der Waals surface area contributed by atoms with Crippen LogP contribution < -0.4 is 24.8 Å². The summed E-state index contributed by atoms with van der Waals surface area (Å²) in [5.74, 6) is 1.71. The third-order valence-electron chi connectivity index (χ3n) is 3.73. The Morgan fingerprint density at radius 2 is 1.72 bits per heavy atom. The van der Waals surface area contributed by atoms with Crippen molar-refractivity contribution >= 4 is 23.1 Å². The molecule has 1 atom stereocenters. The molecule has 2 aromatic rings. The largest absolute Gasteiger partial charge is 0.493 e. The third-order valence-corrected chi connectivity index (χ3v) is 4.68. The molecule has 7 heteroatoms. The Morgan fingerprint density at radius 1 is 1.08 bits per heavy atom. The topological polar surface area (TPSA) is 68.8 Å². The molecule has 0 aliphatic carbocycles. The minimum atomic E-state index is -0.290. The van der Waals surface area contributed by atoms with E-state index in [-0.39, 0.29) is 18.0 Å². The number of amides is 2. The molecule has 0 saturated heterocycles. The van der Waals surface area contributed by atoms with Crippen molar-refractivity contribution in [3.05, 3.63) is 34.5 Å². The maximum Gasteiger partial charge on any atom is 0.319 e. The molecule has 1 unspecified atom stereocenters. The fourth-order valence-corrected chi connectivity index (χ4v) is 3.45. The quantitative estimate of drug-likeness (QED) is 0.769. The zero-order chi connectivity index (χ0) is 18.4. The first-order valence-electron chi connectivity index (χ1n) is 7.91. The molecule has 0 saturated carbocycles. The lowest BCUT2D eigenvalue weighted by Crippen LogP contribution is -2.34. The number of carbonyl (C=O) groups excluding carboxylic acids is 1. The van der Waals surface area contributed by atoms with Crippen LogP contribution in [-0.2, 0) is 0 Å². The number of thiophene rings is 1. The smallest absolute Gasteiger partial charge is 0.319 e. The van der Waals surface area contributed by atoms with Crippen LogP contribution in [-0.4, -0.2) is 27.4 Å². The van der Waals surface area contributed by atoms with E-state index in [1.807, 2.05) is 17.5 Å². The molecule has 6 nitrogen and oxygen atoms in total. The molecule has 1 heterocycles. The molecule has 25 heavy (non-hydrogen) atoms. The molecule has 1 aromatic carbocycles. The molecule has 2 amide bonds. The molecule has 0 fully saturated rings. The minimum Gasteiger partial charge on any atom is -0.493 e. The second-order valence-electron chi connectivity index (χ2n) is 5.75. The lowest BCUT2D eigenvalue weighted by Gasteiger charge is -2.22. The number of urea groups is 1. The van der Waals surface area contributed by atoms with Crippen molar-refractivity contribution in [2.24, 2.45) is 5.92 Å². The van der Waals surface area contributed by atoms with Crippen molar-refractivity contribution in [1.82, 2.24) is 5.32 Å². The van der Waals surface area contributed by atoms with E-state index in [2.05, 4.69) is 24.5 Å². The fourth-order valence-electron chi connectivity index (χ4n) is 2.50. The SMILES string of the molecule is COc1cc(NC(=O)NC(c2cccs2)C(C)C)cc(OC)c1OC. The van der Waals surface area contributed by atoms with Gasteiger partial charge in [-0.15, -0.1) is 11.3 Å². The third kappa shape index (κ3) is 4.57. The van der Waals surface area contributed by atoms with Crippen LogP contribution >= 0.6 is 11.3 Å². The monoisotopic (exact) mass is 364 g/mol. The van der Waals surface area contributed by atoms with Gasteiger partial charge in [0.15, 0.2) is 11.5 Å². The molecule has 2 rings (SSSR count). The summed E-state index contributed by atoms with van der Waals surface area (Å²) >= 11 is 1.63. The minimum absolute atomic E-state index is 0.0537. The van der Waals surface area contributed by atoms with Gasteiger partial charge in [0.2, 0.25) is 5.75 Å². The Balaban J connectivity index is 2.17. The van der Waals surface area contributed by atoms with Gasteiger partial charge in [0, 0.05) is 17.0 Å². The Kier molecular flexibility index (Phi) is 6.52. The lowest BCUT2D eigenvalue weighted by atomic mass is 10.0. The van der Waals surface area contributed by atoms with Gasteiger partial charge in [-0.05, 0) is 17.4 Å². The average molecular weight is 364 g/mol. The van der Waals surface area contributed by atoms with Gasteiger partial charge in [-0.3, -0.25) is 0 Å². The molecule has 2 N–H and O–H groups in total. The summed E-state index contributed by atoms with van der Waals surface area (Å²) in [5.41, 5.74) is 0.556. The summed E-state index contributed by atoms with van der Waals surface area (Å²) in [4.78, 5) is 13.6. The highest BCUT2D eigenvalue weighted by molar-refractivity contribution is 7.10. The number of hydrogen-bond acceptors (Lipinski definition) is 5. The van der Waals surface area contributed by atoms with E-state index < -0.39 is 0 Å². The average Bonchev–Trinajstić information content (AvgIpc) is 3.12. The van der Waals surface area contributed by atoms with Gasteiger partial charge >= 0.3 is 6.03 Å². The number of nitrogens with one attached hydrogen (secondary N) is 2. The highest BCUT2D eigenvalue weighted by Crippen LogP contribution is 2.40. The first kappa shape index (κ1) is 18.9. The number of carbonyl (C=O) groups is 1. The highest BCUT2D eigenvalue weighted by atomic mass is 32.1. The number of hydrogen-bond donors (Lipinski definition) is 2. The maximum absolute atomic E-state index is 12.4. The van der Waals surface area contributed by atoms with Crippen LogP contribution in [0.15, 0.2) is 29.6 Å². The van der Waals surface area contributed by atoms with Crippen LogP contribution in [0.2, 0.25) is 0 Å². The summed E-state index contributed by atoms with van der Waals surface area (Å²) < 4.78 is 15.9. The van der Waals surface area contributed by atoms with Crippen molar-refractivity contribution in [2.75, 3.05) is 26.6 Å². The van der Waals surface area contributed by atoms with Gasteiger partial charge in [-0.2, -0.15) is 0 Å². The molecule has 136 valence electrons. The van der Waals surface area contributed by atoms with Crippen molar-refractivity contribution < 1.29 is 19.0 Å². The summed E-state index contributed by atoms with van der Waals surface area (Å²) in [6.45, 7) is 4.15. The van der Waals surface area contributed by atoms with E-state index in [4.69, 9.17) is 14.2 Å². The van der Waals surface area contributed by atoms with Crippen molar-refractivity contribution in [3.8, 4) is 17.2 Å².